The van der Waals surface area contributed by atoms with Crippen molar-refractivity contribution in [3.8, 4) is 23.0 Å². The maximum Gasteiger partial charge on any atom is 0.313 e. The van der Waals surface area contributed by atoms with Crippen molar-refractivity contribution in [3.05, 3.63) is 83.3 Å². The molecule has 43 heavy (non-hydrogen) atoms. The standard InChI is InChI=1S/C27H23ClFN3O5.C2H4N2O2/c1-35-24-14-19-21(15-25(24)36-2)30-12-10-22(19)37-23-8-7-18(13-20(23)29)32-27(34)26(33)31-11-9-16-3-5-17(28)6-4-16;3-1(5)2(4)6/h3-8,10,12-15H,9,11H2,1-2H3,(H,31,33)(H,32,34);(H2,3,5)(H2,4,6). The summed E-state index contributed by atoms with van der Waals surface area (Å²) in [4.78, 5) is 47.5. The first-order valence-corrected chi connectivity index (χ1v) is 12.8. The van der Waals surface area contributed by atoms with Crippen LogP contribution in [0, 0.1) is 5.82 Å². The molecule has 14 heteroatoms. The SMILES string of the molecule is COc1cc2nccc(Oc3ccc(NC(=O)C(=O)NCCc4ccc(Cl)cc4)cc3F)c2cc1OC.NC(=O)C(N)=O. The number of anilines is 1. The largest absolute Gasteiger partial charge is 0.493 e. The van der Waals surface area contributed by atoms with Crippen LogP contribution in [0.15, 0.2) is 66.9 Å². The molecule has 0 unspecified atom stereocenters. The van der Waals surface area contributed by atoms with E-state index >= 15 is 0 Å². The van der Waals surface area contributed by atoms with Gasteiger partial charge in [0.05, 0.1) is 19.7 Å². The van der Waals surface area contributed by atoms with E-state index in [0.29, 0.717) is 39.6 Å². The number of amides is 4. The molecular formula is C29H27ClFN5O7. The molecule has 0 radical (unpaired) electrons. The number of benzene rings is 3. The van der Waals surface area contributed by atoms with Gasteiger partial charge in [-0.05, 0) is 48.4 Å². The molecule has 224 valence electrons. The van der Waals surface area contributed by atoms with Gasteiger partial charge < -0.3 is 36.3 Å². The summed E-state index contributed by atoms with van der Waals surface area (Å²) in [6.45, 7) is 0.256. The second kappa shape index (κ2) is 15.0. The average molecular weight is 612 g/mol. The normalized spacial score (nSPS) is 10.1. The number of hydrogen-bond donors (Lipinski definition) is 4. The second-order valence-corrected chi connectivity index (χ2v) is 9.03. The molecule has 1 aromatic heterocycles. The van der Waals surface area contributed by atoms with Gasteiger partial charge in [-0.3, -0.25) is 24.2 Å². The Hall–Kier alpha value is -5.43. The van der Waals surface area contributed by atoms with Crippen molar-refractivity contribution in [1.82, 2.24) is 10.3 Å². The van der Waals surface area contributed by atoms with Gasteiger partial charge in [0.15, 0.2) is 23.1 Å². The molecule has 6 N–H and O–H groups in total. The van der Waals surface area contributed by atoms with E-state index in [9.17, 15) is 23.6 Å². The number of hydrogen-bond acceptors (Lipinski definition) is 8. The highest BCUT2D eigenvalue weighted by Gasteiger charge is 2.16. The third-order valence-corrected chi connectivity index (χ3v) is 5.93. The fraction of sp³-hybridized carbons (Fsp3) is 0.138. The van der Waals surface area contributed by atoms with Crippen molar-refractivity contribution in [2.45, 2.75) is 6.42 Å². The molecule has 0 saturated carbocycles. The fourth-order valence-electron chi connectivity index (χ4n) is 3.56. The van der Waals surface area contributed by atoms with Gasteiger partial charge in [0, 0.05) is 41.0 Å². The number of carbonyl (C=O) groups excluding carboxylic acids is 4. The number of nitrogens with two attached hydrogens (primary N) is 2. The van der Waals surface area contributed by atoms with E-state index in [4.69, 9.17) is 25.8 Å². The minimum Gasteiger partial charge on any atom is -0.493 e. The van der Waals surface area contributed by atoms with Crippen molar-refractivity contribution in [1.29, 1.82) is 0 Å². The summed E-state index contributed by atoms with van der Waals surface area (Å²) < 4.78 is 31.2. The summed E-state index contributed by atoms with van der Waals surface area (Å²) in [6.07, 6.45) is 2.06. The summed E-state index contributed by atoms with van der Waals surface area (Å²) in [5.41, 5.74) is 10.3. The quantitative estimate of drug-likeness (QED) is 0.219. The number of fused-ring (bicyclic) bond motifs is 1. The van der Waals surface area contributed by atoms with Gasteiger partial charge in [-0.25, -0.2) is 4.39 Å². The number of primary amides is 2. The third kappa shape index (κ3) is 9.03. The van der Waals surface area contributed by atoms with Gasteiger partial charge in [0.1, 0.15) is 5.75 Å². The van der Waals surface area contributed by atoms with E-state index in [2.05, 4.69) is 27.1 Å². The zero-order chi connectivity index (χ0) is 31.5. The Bertz CT molecular complexity index is 1640. The topological polar surface area (TPSA) is 185 Å². The van der Waals surface area contributed by atoms with Gasteiger partial charge in [0.25, 0.3) is 0 Å². The molecule has 0 atom stereocenters. The first kappa shape index (κ1) is 32.1. The number of ether oxygens (including phenoxy) is 3. The number of halogens is 2. The molecule has 4 rings (SSSR count). The van der Waals surface area contributed by atoms with Crippen LogP contribution in [-0.2, 0) is 25.6 Å². The lowest BCUT2D eigenvalue weighted by Crippen LogP contribution is -2.36. The molecule has 0 bridgehead atoms. The van der Waals surface area contributed by atoms with Crippen LogP contribution in [0.3, 0.4) is 0 Å². The lowest BCUT2D eigenvalue weighted by atomic mass is 10.1. The second-order valence-electron chi connectivity index (χ2n) is 8.60. The number of aromatic nitrogens is 1. The van der Waals surface area contributed by atoms with E-state index in [1.165, 1.54) is 32.5 Å². The number of rotatable bonds is 8. The minimum absolute atomic E-state index is 0.0762. The van der Waals surface area contributed by atoms with E-state index in [1.54, 1.807) is 30.3 Å². The lowest BCUT2D eigenvalue weighted by molar-refractivity contribution is -0.136. The summed E-state index contributed by atoms with van der Waals surface area (Å²) in [7, 11) is 3.03. The van der Waals surface area contributed by atoms with Crippen molar-refractivity contribution in [2.75, 3.05) is 26.1 Å². The number of nitrogens with one attached hydrogen (secondary N) is 2. The summed E-state index contributed by atoms with van der Waals surface area (Å²) in [6, 6.07) is 16.0. The Morgan fingerprint density at radius 2 is 1.49 bits per heavy atom. The minimum atomic E-state index is -1.10. The van der Waals surface area contributed by atoms with Crippen molar-refractivity contribution < 1.29 is 37.8 Å². The lowest BCUT2D eigenvalue weighted by Gasteiger charge is -2.13. The van der Waals surface area contributed by atoms with Crippen LogP contribution in [0.4, 0.5) is 10.1 Å². The van der Waals surface area contributed by atoms with E-state index in [-0.39, 0.29) is 18.0 Å². The van der Waals surface area contributed by atoms with Gasteiger partial charge in [0.2, 0.25) is 0 Å². The van der Waals surface area contributed by atoms with Crippen LogP contribution in [0.1, 0.15) is 5.56 Å². The number of nitrogens with zero attached hydrogens (tertiary/aromatic N) is 1. The third-order valence-electron chi connectivity index (χ3n) is 5.68. The maximum atomic E-state index is 14.8. The predicted octanol–water partition coefficient (Wildman–Crippen LogP) is 3.09. The molecular weight excluding hydrogens is 585 g/mol. The van der Waals surface area contributed by atoms with Crippen molar-refractivity contribution in [2.24, 2.45) is 11.5 Å². The maximum absolute atomic E-state index is 14.8. The predicted molar refractivity (Wildman–Crippen MR) is 157 cm³/mol. The Morgan fingerprint density at radius 1 is 0.837 bits per heavy atom. The van der Waals surface area contributed by atoms with E-state index in [0.717, 1.165) is 11.6 Å². The molecule has 1 heterocycles. The van der Waals surface area contributed by atoms with Crippen LogP contribution in [0.2, 0.25) is 5.02 Å². The number of methoxy groups -OCH3 is 2. The van der Waals surface area contributed by atoms with Gasteiger partial charge in [-0.15, -0.1) is 0 Å². The molecule has 0 aliphatic heterocycles. The highest BCUT2D eigenvalue weighted by molar-refractivity contribution is 6.39. The molecule has 4 aromatic rings. The highest BCUT2D eigenvalue weighted by Crippen LogP contribution is 2.37. The van der Waals surface area contributed by atoms with Crippen LogP contribution in [0.5, 0.6) is 23.0 Å². The summed E-state index contributed by atoms with van der Waals surface area (Å²) in [5.74, 6) is -3.43. The monoisotopic (exact) mass is 611 g/mol. The van der Waals surface area contributed by atoms with Crippen LogP contribution in [-0.4, -0.2) is 49.4 Å². The molecule has 0 aliphatic rings. The van der Waals surface area contributed by atoms with Crippen LogP contribution >= 0.6 is 11.6 Å². The highest BCUT2D eigenvalue weighted by atomic mass is 35.5. The van der Waals surface area contributed by atoms with Gasteiger partial charge in [-0.2, -0.15) is 0 Å². The molecule has 0 saturated heterocycles. The smallest absolute Gasteiger partial charge is 0.313 e. The van der Waals surface area contributed by atoms with Crippen LogP contribution < -0.4 is 36.3 Å². The van der Waals surface area contributed by atoms with E-state index in [1.807, 2.05) is 12.1 Å². The number of pyridine rings is 1. The first-order chi connectivity index (χ1) is 20.5. The average Bonchev–Trinajstić information content (AvgIpc) is 2.99. The van der Waals surface area contributed by atoms with Crippen LogP contribution in [0.25, 0.3) is 10.9 Å². The molecule has 0 spiro atoms. The van der Waals surface area contributed by atoms with Gasteiger partial charge >= 0.3 is 23.6 Å². The Labute approximate surface area is 250 Å². The molecule has 12 nitrogen and oxygen atoms in total. The molecule has 3 aromatic carbocycles. The fourth-order valence-corrected chi connectivity index (χ4v) is 3.68. The Balaban J connectivity index is 0.000000765. The Kier molecular flexibility index (Phi) is 11.2. The molecule has 0 aliphatic carbocycles. The van der Waals surface area contributed by atoms with Gasteiger partial charge in [-0.1, -0.05) is 23.7 Å². The van der Waals surface area contributed by atoms with Crippen molar-refractivity contribution in [3.63, 3.8) is 0 Å². The molecule has 4 amide bonds. The zero-order valence-corrected chi connectivity index (χ0v) is 23.7. The number of carbonyl (C=O) groups is 4. The first-order valence-electron chi connectivity index (χ1n) is 12.4. The van der Waals surface area contributed by atoms with Crippen molar-refractivity contribution >= 4 is 51.8 Å². The Morgan fingerprint density at radius 3 is 2.09 bits per heavy atom. The van der Waals surface area contributed by atoms with E-state index < -0.39 is 29.4 Å². The summed E-state index contributed by atoms with van der Waals surface area (Å²) in [5, 5.41) is 6.12. The zero-order valence-electron chi connectivity index (χ0n) is 23.0. The molecule has 0 fully saturated rings. The summed E-state index contributed by atoms with van der Waals surface area (Å²) >= 11 is 5.85.